The van der Waals surface area contributed by atoms with Crippen LogP contribution < -0.4 is 15.4 Å². The lowest BCUT2D eigenvalue weighted by Crippen LogP contribution is -2.57. The normalized spacial score (nSPS) is 18.9. The van der Waals surface area contributed by atoms with Gasteiger partial charge in [-0.2, -0.15) is 5.10 Å². The molecule has 1 aromatic carbocycles. The molecule has 2 aliphatic heterocycles. The van der Waals surface area contributed by atoms with Gasteiger partial charge in [-0.3, -0.25) is 19.2 Å². The van der Waals surface area contributed by atoms with Gasteiger partial charge < -0.3 is 34.8 Å². The van der Waals surface area contributed by atoms with Gasteiger partial charge in [-0.05, 0) is 56.6 Å². The minimum absolute atomic E-state index is 0.0241. The quantitative estimate of drug-likeness (QED) is 0.286. The van der Waals surface area contributed by atoms with Gasteiger partial charge in [0.15, 0.2) is 12.3 Å². The zero-order chi connectivity index (χ0) is 35.6. The molecule has 2 saturated heterocycles. The van der Waals surface area contributed by atoms with Gasteiger partial charge in [-0.1, -0.05) is 51.8 Å². The summed E-state index contributed by atoms with van der Waals surface area (Å²) in [5.41, 5.74) is 0.643. The fourth-order valence-electron chi connectivity index (χ4n) is 6.34. The predicted octanol–water partition coefficient (Wildman–Crippen LogP) is 3.14. The predicted molar refractivity (Wildman–Crippen MR) is 185 cm³/mol. The molecule has 0 spiro atoms. The van der Waals surface area contributed by atoms with Crippen LogP contribution in [-0.4, -0.2) is 118 Å². The van der Waals surface area contributed by atoms with Gasteiger partial charge in [0.25, 0.3) is 11.8 Å². The number of amides is 5. The lowest BCUT2D eigenvalue weighted by atomic mass is 9.93. The van der Waals surface area contributed by atoms with E-state index in [0.717, 1.165) is 38.5 Å². The molecule has 5 rings (SSSR count). The summed E-state index contributed by atoms with van der Waals surface area (Å²) in [5.74, 6) is -1.22. The second kappa shape index (κ2) is 17.3. The fraction of sp³-hybridized carbons (Fsp3) is 0.611. The molecule has 2 aromatic rings. The first-order valence-electron chi connectivity index (χ1n) is 18.1. The molecule has 1 aromatic heterocycles. The number of rotatable bonds is 14. The van der Waals surface area contributed by atoms with Crippen LogP contribution >= 0.6 is 0 Å². The molecule has 5 amide bonds. The number of likely N-dealkylation sites (tertiary alicyclic amines) is 1. The molecule has 1 aliphatic carbocycles. The van der Waals surface area contributed by atoms with E-state index < -0.39 is 18.0 Å². The number of piperazine rings is 1. The van der Waals surface area contributed by atoms with Gasteiger partial charge in [0, 0.05) is 44.8 Å². The van der Waals surface area contributed by atoms with Crippen molar-refractivity contribution >= 4 is 29.7 Å². The van der Waals surface area contributed by atoms with E-state index in [1.54, 1.807) is 26.8 Å². The molecule has 14 heteroatoms. The molecule has 1 unspecified atom stereocenters. The van der Waals surface area contributed by atoms with Gasteiger partial charge in [-0.15, -0.1) is 0 Å². The number of ether oxygens (including phenoxy) is 2. The van der Waals surface area contributed by atoms with E-state index in [1.165, 1.54) is 10.7 Å². The Hall–Kier alpha value is -4.62. The SMILES string of the molecule is CCCCOC(=O)N1CCN(C(=O)[C@@H](NC(=O)c2cc(OCC(=O)N3CCCC3C(=O)NC3CCC3)n(-c3ccccc3)n2)[C@@H](C)CC)CC1. The number of carbonyl (C=O) groups is 5. The Labute approximate surface area is 293 Å². The number of unbranched alkanes of at least 4 members (excludes halogenated alkanes) is 1. The van der Waals surface area contributed by atoms with E-state index in [1.807, 2.05) is 39.0 Å². The third kappa shape index (κ3) is 8.94. The summed E-state index contributed by atoms with van der Waals surface area (Å²) in [6.45, 7) is 7.76. The number of benzene rings is 1. The van der Waals surface area contributed by atoms with Crippen LogP contribution in [0.1, 0.15) is 82.6 Å². The number of hydrogen-bond donors (Lipinski definition) is 2. The minimum Gasteiger partial charge on any atom is -0.467 e. The molecule has 3 heterocycles. The molecule has 0 radical (unpaired) electrons. The highest BCUT2D eigenvalue weighted by Gasteiger charge is 2.37. The molecule has 50 heavy (non-hydrogen) atoms. The van der Waals surface area contributed by atoms with Crippen molar-refractivity contribution in [1.82, 2.24) is 35.1 Å². The lowest BCUT2D eigenvalue weighted by Gasteiger charge is -2.37. The number of para-hydroxylation sites is 1. The number of aromatic nitrogens is 2. The third-order valence-electron chi connectivity index (χ3n) is 9.92. The smallest absolute Gasteiger partial charge is 0.409 e. The van der Waals surface area contributed by atoms with Crippen LogP contribution in [0.5, 0.6) is 5.88 Å². The molecule has 0 bridgehead atoms. The standard InChI is InChI=1S/C36H51N7O7/c1-4-6-22-49-36(48)41-20-18-40(19-21-41)35(47)32(25(3)5-2)38-33(45)28-23-31(43(39-28)27-14-8-7-9-15-27)50-24-30(44)42-17-11-16-29(42)34(46)37-26-12-10-13-26/h7-9,14-15,23,25-26,29,32H,4-6,10-13,16-22,24H2,1-3H3,(H,37,46)(H,38,45)/t25-,29?,32-/m0/s1. The Morgan fingerprint density at radius 3 is 2.32 bits per heavy atom. The van der Waals surface area contributed by atoms with Crippen LogP contribution in [0.2, 0.25) is 0 Å². The molecule has 14 nitrogen and oxygen atoms in total. The van der Waals surface area contributed by atoms with Gasteiger partial charge in [0.05, 0.1) is 12.3 Å². The van der Waals surface area contributed by atoms with E-state index in [2.05, 4.69) is 15.7 Å². The van der Waals surface area contributed by atoms with Gasteiger partial charge in [-0.25, -0.2) is 9.48 Å². The van der Waals surface area contributed by atoms with Crippen molar-refractivity contribution in [2.75, 3.05) is 45.9 Å². The Balaban J connectivity index is 1.25. The minimum atomic E-state index is -0.818. The summed E-state index contributed by atoms with van der Waals surface area (Å²) in [4.78, 5) is 70.9. The topological polar surface area (TPSA) is 155 Å². The first-order valence-corrected chi connectivity index (χ1v) is 18.1. The van der Waals surface area contributed by atoms with Crippen molar-refractivity contribution in [1.29, 1.82) is 0 Å². The number of nitrogens with one attached hydrogen (secondary N) is 2. The van der Waals surface area contributed by atoms with Crippen molar-refractivity contribution < 1.29 is 33.4 Å². The number of carbonyl (C=O) groups excluding carboxylic acids is 5. The Morgan fingerprint density at radius 2 is 1.66 bits per heavy atom. The summed E-state index contributed by atoms with van der Waals surface area (Å²) in [7, 11) is 0. The monoisotopic (exact) mass is 693 g/mol. The average molecular weight is 694 g/mol. The van der Waals surface area contributed by atoms with Crippen molar-refractivity contribution in [3.8, 4) is 11.6 Å². The van der Waals surface area contributed by atoms with Crippen LogP contribution in [0.15, 0.2) is 36.4 Å². The van der Waals surface area contributed by atoms with Crippen molar-refractivity contribution in [3.05, 3.63) is 42.1 Å². The zero-order valence-corrected chi connectivity index (χ0v) is 29.5. The van der Waals surface area contributed by atoms with Gasteiger partial charge >= 0.3 is 6.09 Å². The Bertz CT molecular complexity index is 1490. The third-order valence-corrected chi connectivity index (χ3v) is 9.92. The van der Waals surface area contributed by atoms with E-state index in [0.29, 0.717) is 57.9 Å². The molecule has 1 saturated carbocycles. The average Bonchev–Trinajstić information content (AvgIpc) is 3.79. The van der Waals surface area contributed by atoms with Crippen molar-refractivity contribution in [2.45, 2.75) is 90.3 Å². The summed E-state index contributed by atoms with van der Waals surface area (Å²) in [6, 6.07) is 9.41. The van der Waals surface area contributed by atoms with E-state index in [-0.39, 0.29) is 54.0 Å². The molecule has 2 N–H and O–H groups in total. The summed E-state index contributed by atoms with van der Waals surface area (Å²) in [5, 5.41) is 10.5. The van der Waals surface area contributed by atoms with Crippen LogP contribution in [0, 0.1) is 5.92 Å². The van der Waals surface area contributed by atoms with Crippen LogP contribution in [0.3, 0.4) is 0 Å². The maximum atomic E-state index is 13.8. The van der Waals surface area contributed by atoms with Gasteiger partial charge in [0.1, 0.15) is 12.1 Å². The number of nitrogens with zero attached hydrogens (tertiary/aromatic N) is 5. The van der Waals surface area contributed by atoms with Crippen molar-refractivity contribution in [2.24, 2.45) is 5.92 Å². The maximum absolute atomic E-state index is 13.8. The lowest BCUT2D eigenvalue weighted by molar-refractivity contribution is -0.140. The van der Waals surface area contributed by atoms with Crippen LogP contribution in [0.25, 0.3) is 5.69 Å². The number of hydrogen-bond acceptors (Lipinski definition) is 8. The second-order valence-electron chi connectivity index (χ2n) is 13.4. The highest BCUT2D eigenvalue weighted by molar-refractivity contribution is 5.96. The Kier molecular flexibility index (Phi) is 12.7. The van der Waals surface area contributed by atoms with E-state index >= 15 is 0 Å². The summed E-state index contributed by atoms with van der Waals surface area (Å²) < 4.78 is 12.8. The summed E-state index contributed by atoms with van der Waals surface area (Å²) in [6.07, 6.45) is 6.38. The van der Waals surface area contributed by atoms with Crippen molar-refractivity contribution in [3.63, 3.8) is 0 Å². The zero-order valence-electron chi connectivity index (χ0n) is 29.5. The fourth-order valence-corrected chi connectivity index (χ4v) is 6.34. The van der Waals surface area contributed by atoms with Crippen LogP contribution in [0.4, 0.5) is 4.79 Å². The molecular formula is C36H51N7O7. The molecular weight excluding hydrogens is 642 g/mol. The van der Waals surface area contributed by atoms with E-state index in [4.69, 9.17) is 9.47 Å². The summed E-state index contributed by atoms with van der Waals surface area (Å²) >= 11 is 0. The second-order valence-corrected chi connectivity index (χ2v) is 13.4. The largest absolute Gasteiger partial charge is 0.467 e. The first-order chi connectivity index (χ1) is 24.2. The molecule has 272 valence electrons. The maximum Gasteiger partial charge on any atom is 0.409 e. The van der Waals surface area contributed by atoms with Gasteiger partial charge in [0.2, 0.25) is 17.7 Å². The van der Waals surface area contributed by atoms with Crippen LogP contribution in [-0.2, 0) is 19.1 Å². The molecule has 3 aliphatic rings. The van der Waals surface area contributed by atoms with E-state index in [9.17, 15) is 24.0 Å². The Morgan fingerprint density at radius 1 is 0.940 bits per heavy atom. The highest BCUT2D eigenvalue weighted by Crippen LogP contribution is 2.24. The highest BCUT2D eigenvalue weighted by atomic mass is 16.6. The molecule has 3 fully saturated rings. The molecule has 3 atom stereocenters. The first kappa shape index (κ1) is 36.7.